The standard InChI is InChI=1S/C5H8N2O2/c1-2-3-6-4(8)5(9)7-3/h8-9H,2H2,1H3,(H,6,7). The van der Waals surface area contributed by atoms with Crippen molar-refractivity contribution in [3.63, 3.8) is 0 Å². The Morgan fingerprint density at radius 3 is 2.44 bits per heavy atom. The van der Waals surface area contributed by atoms with E-state index in [1.54, 1.807) is 0 Å². The van der Waals surface area contributed by atoms with Crippen molar-refractivity contribution in [2.75, 3.05) is 0 Å². The lowest BCUT2D eigenvalue weighted by molar-refractivity contribution is 0.386. The molecular weight excluding hydrogens is 120 g/mol. The predicted octanol–water partition coefficient (Wildman–Crippen LogP) is 0.383. The number of rotatable bonds is 1. The van der Waals surface area contributed by atoms with Crippen LogP contribution in [0.25, 0.3) is 0 Å². The molecule has 0 amide bonds. The molecule has 1 rings (SSSR count). The summed E-state index contributed by atoms with van der Waals surface area (Å²) in [5.41, 5.74) is 0. The number of H-pyrrole nitrogens is 1. The lowest BCUT2D eigenvalue weighted by Crippen LogP contribution is -1.79. The zero-order valence-corrected chi connectivity index (χ0v) is 5.05. The second-order valence-electron chi connectivity index (χ2n) is 1.71. The minimum Gasteiger partial charge on any atom is -0.491 e. The van der Waals surface area contributed by atoms with Crippen molar-refractivity contribution in [3.05, 3.63) is 5.82 Å². The van der Waals surface area contributed by atoms with Gasteiger partial charge in [-0.05, 0) is 0 Å². The third kappa shape index (κ3) is 0.960. The quantitative estimate of drug-likeness (QED) is 0.512. The van der Waals surface area contributed by atoms with Gasteiger partial charge in [-0.15, -0.1) is 0 Å². The maximum absolute atomic E-state index is 8.70. The van der Waals surface area contributed by atoms with Gasteiger partial charge in [-0.1, -0.05) is 6.92 Å². The third-order valence-corrected chi connectivity index (χ3v) is 1.05. The van der Waals surface area contributed by atoms with Crippen molar-refractivity contribution < 1.29 is 10.2 Å². The smallest absolute Gasteiger partial charge is 0.275 e. The minimum absolute atomic E-state index is 0.258. The molecule has 0 aliphatic heterocycles. The van der Waals surface area contributed by atoms with Gasteiger partial charge in [0.25, 0.3) is 11.8 Å². The molecule has 0 unspecified atom stereocenters. The molecule has 50 valence electrons. The first-order chi connectivity index (χ1) is 4.24. The Morgan fingerprint density at radius 2 is 2.22 bits per heavy atom. The van der Waals surface area contributed by atoms with E-state index < -0.39 is 0 Å². The molecule has 3 N–H and O–H groups in total. The molecule has 0 spiro atoms. The van der Waals surface area contributed by atoms with Crippen LogP contribution in [0.15, 0.2) is 0 Å². The van der Waals surface area contributed by atoms with Crippen LogP contribution < -0.4 is 0 Å². The van der Waals surface area contributed by atoms with Gasteiger partial charge in [0.2, 0.25) is 0 Å². The van der Waals surface area contributed by atoms with Crippen molar-refractivity contribution in [1.82, 2.24) is 9.97 Å². The molecule has 0 aliphatic rings. The molecule has 1 heterocycles. The molecule has 0 saturated heterocycles. The van der Waals surface area contributed by atoms with Gasteiger partial charge in [0, 0.05) is 6.42 Å². The summed E-state index contributed by atoms with van der Waals surface area (Å²) < 4.78 is 0. The number of aromatic hydroxyl groups is 2. The Labute approximate surface area is 52.2 Å². The zero-order valence-electron chi connectivity index (χ0n) is 5.05. The van der Waals surface area contributed by atoms with E-state index in [0.717, 1.165) is 0 Å². The van der Waals surface area contributed by atoms with Gasteiger partial charge in [-0.3, -0.25) is 0 Å². The van der Waals surface area contributed by atoms with Crippen LogP contribution in [0.5, 0.6) is 11.8 Å². The highest BCUT2D eigenvalue weighted by atomic mass is 16.3. The number of aromatic nitrogens is 2. The Kier molecular flexibility index (Phi) is 1.30. The average molecular weight is 128 g/mol. The summed E-state index contributed by atoms with van der Waals surface area (Å²) in [6, 6.07) is 0. The lowest BCUT2D eigenvalue weighted by Gasteiger charge is -1.80. The fraction of sp³-hybridized carbons (Fsp3) is 0.400. The van der Waals surface area contributed by atoms with Crippen LogP contribution in [0.4, 0.5) is 0 Å². The van der Waals surface area contributed by atoms with E-state index >= 15 is 0 Å². The summed E-state index contributed by atoms with van der Waals surface area (Å²) in [5.74, 6) is 0.00343. The normalized spacial score (nSPS) is 9.89. The van der Waals surface area contributed by atoms with Crippen LogP contribution in [-0.4, -0.2) is 20.2 Å². The topological polar surface area (TPSA) is 69.1 Å². The summed E-state index contributed by atoms with van der Waals surface area (Å²) in [7, 11) is 0. The molecule has 0 saturated carbocycles. The monoisotopic (exact) mass is 128 g/mol. The van der Waals surface area contributed by atoms with Gasteiger partial charge in [0.1, 0.15) is 5.82 Å². The number of nitrogens with one attached hydrogen (secondary N) is 1. The number of nitrogens with zero attached hydrogens (tertiary/aromatic N) is 1. The van der Waals surface area contributed by atoms with E-state index in [0.29, 0.717) is 12.2 Å². The second kappa shape index (κ2) is 1.97. The molecule has 1 aromatic rings. The highest BCUT2D eigenvalue weighted by Crippen LogP contribution is 2.19. The summed E-state index contributed by atoms with van der Waals surface area (Å²) in [6.07, 6.45) is 0.675. The van der Waals surface area contributed by atoms with Gasteiger partial charge in [-0.2, -0.15) is 4.98 Å². The third-order valence-electron chi connectivity index (χ3n) is 1.05. The number of aryl methyl sites for hydroxylation is 1. The molecule has 0 aromatic carbocycles. The minimum atomic E-state index is -0.327. The van der Waals surface area contributed by atoms with E-state index in [4.69, 9.17) is 10.2 Å². The van der Waals surface area contributed by atoms with E-state index in [9.17, 15) is 0 Å². The number of aromatic amines is 1. The fourth-order valence-electron chi connectivity index (χ4n) is 0.569. The van der Waals surface area contributed by atoms with Crippen molar-refractivity contribution >= 4 is 0 Å². The second-order valence-corrected chi connectivity index (χ2v) is 1.71. The number of hydrogen-bond donors (Lipinski definition) is 3. The highest BCUT2D eigenvalue weighted by Gasteiger charge is 2.03. The van der Waals surface area contributed by atoms with Gasteiger partial charge >= 0.3 is 0 Å². The fourth-order valence-corrected chi connectivity index (χ4v) is 0.569. The van der Waals surface area contributed by atoms with Gasteiger partial charge in [0.05, 0.1) is 0 Å². The van der Waals surface area contributed by atoms with Crippen LogP contribution >= 0.6 is 0 Å². The van der Waals surface area contributed by atoms with Crippen LogP contribution in [0, 0.1) is 0 Å². The molecule has 0 bridgehead atoms. The lowest BCUT2D eigenvalue weighted by atomic mass is 10.5. The number of hydrogen-bond acceptors (Lipinski definition) is 3. The molecular formula is C5H8N2O2. The van der Waals surface area contributed by atoms with Crippen LogP contribution in [0.3, 0.4) is 0 Å². The van der Waals surface area contributed by atoms with Crippen molar-refractivity contribution in [2.24, 2.45) is 0 Å². The molecule has 4 nitrogen and oxygen atoms in total. The molecule has 4 heteroatoms. The van der Waals surface area contributed by atoms with Gasteiger partial charge in [-0.25, -0.2) is 0 Å². The van der Waals surface area contributed by atoms with Gasteiger partial charge in [0.15, 0.2) is 0 Å². The maximum Gasteiger partial charge on any atom is 0.275 e. The van der Waals surface area contributed by atoms with Crippen molar-refractivity contribution in [3.8, 4) is 11.8 Å². The van der Waals surface area contributed by atoms with E-state index in [1.807, 2.05) is 6.92 Å². The molecule has 1 aromatic heterocycles. The van der Waals surface area contributed by atoms with Crippen LogP contribution in [0.2, 0.25) is 0 Å². The molecule has 0 radical (unpaired) electrons. The predicted molar refractivity (Wildman–Crippen MR) is 31.3 cm³/mol. The first-order valence-corrected chi connectivity index (χ1v) is 2.71. The SMILES string of the molecule is CCc1nc(O)c(O)[nH]1. The summed E-state index contributed by atoms with van der Waals surface area (Å²) in [4.78, 5) is 6.07. The molecule has 0 atom stereocenters. The van der Waals surface area contributed by atoms with Crippen molar-refractivity contribution in [2.45, 2.75) is 13.3 Å². The summed E-state index contributed by atoms with van der Waals surface area (Å²) in [6.45, 7) is 1.87. The zero-order chi connectivity index (χ0) is 6.85. The Hall–Kier alpha value is -1.19. The van der Waals surface area contributed by atoms with E-state index in [2.05, 4.69) is 9.97 Å². The first kappa shape index (κ1) is 5.94. The average Bonchev–Trinajstić information content (AvgIpc) is 2.13. The maximum atomic E-state index is 8.70. The molecule has 0 fully saturated rings. The molecule has 9 heavy (non-hydrogen) atoms. The van der Waals surface area contributed by atoms with Crippen molar-refractivity contribution in [1.29, 1.82) is 0 Å². The number of imidazole rings is 1. The summed E-state index contributed by atoms with van der Waals surface area (Å²) >= 11 is 0. The Bertz CT molecular complexity index is 187. The van der Waals surface area contributed by atoms with Gasteiger partial charge < -0.3 is 15.2 Å². The Balaban J connectivity index is 2.98. The largest absolute Gasteiger partial charge is 0.491 e. The summed E-state index contributed by atoms with van der Waals surface area (Å²) in [5, 5.41) is 17.4. The Morgan fingerprint density at radius 1 is 1.56 bits per heavy atom. The first-order valence-electron chi connectivity index (χ1n) is 2.71. The highest BCUT2D eigenvalue weighted by molar-refractivity contribution is 5.23. The molecule has 0 aliphatic carbocycles. The van der Waals surface area contributed by atoms with E-state index in [-0.39, 0.29) is 11.8 Å². The van der Waals surface area contributed by atoms with E-state index in [1.165, 1.54) is 0 Å². The van der Waals surface area contributed by atoms with Crippen LogP contribution in [0.1, 0.15) is 12.7 Å². The van der Waals surface area contributed by atoms with Crippen LogP contribution in [-0.2, 0) is 6.42 Å².